The SMILES string of the molecule is CCC(C)(C)C1(C(C)(C)CC)CO1. The second-order valence-electron chi connectivity index (χ2n) is 5.59. The van der Waals surface area contributed by atoms with Gasteiger partial charge in [0.15, 0.2) is 0 Å². The van der Waals surface area contributed by atoms with Crippen LogP contribution in [0.2, 0.25) is 0 Å². The highest BCUT2D eigenvalue weighted by atomic mass is 16.6. The van der Waals surface area contributed by atoms with Crippen molar-refractivity contribution in [3.63, 3.8) is 0 Å². The van der Waals surface area contributed by atoms with E-state index in [-0.39, 0.29) is 5.60 Å². The second-order valence-corrected chi connectivity index (χ2v) is 5.59. The standard InChI is InChI=1S/C12H24O/c1-7-10(3,4)12(9-13-12)11(5,6)8-2/h7-9H2,1-6H3. The summed E-state index contributed by atoms with van der Waals surface area (Å²) in [5.74, 6) is 0. The predicted molar refractivity (Wildman–Crippen MR) is 56.8 cm³/mol. The van der Waals surface area contributed by atoms with Crippen LogP contribution in [0.5, 0.6) is 0 Å². The monoisotopic (exact) mass is 184 g/mol. The fraction of sp³-hybridized carbons (Fsp3) is 1.00. The lowest BCUT2D eigenvalue weighted by Gasteiger charge is -2.42. The highest BCUT2D eigenvalue weighted by Crippen LogP contribution is 2.58. The van der Waals surface area contributed by atoms with Gasteiger partial charge < -0.3 is 4.74 Å². The maximum absolute atomic E-state index is 5.81. The van der Waals surface area contributed by atoms with Crippen molar-refractivity contribution in [2.24, 2.45) is 10.8 Å². The Hall–Kier alpha value is -0.0400. The summed E-state index contributed by atoms with van der Waals surface area (Å²) in [5, 5.41) is 0. The van der Waals surface area contributed by atoms with Gasteiger partial charge in [-0.05, 0) is 23.7 Å². The zero-order chi connectivity index (χ0) is 10.3. The Balaban J connectivity index is 2.89. The van der Waals surface area contributed by atoms with Crippen LogP contribution in [-0.2, 0) is 4.74 Å². The average molecular weight is 184 g/mol. The zero-order valence-electron chi connectivity index (χ0n) is 10.0. The molecule has 1 rings (SSSR count). The molecule has 0 spiro atoms. The molecule has 1 saturated heterocycles. The molecule has 0 bridgehead atoms. The number of hydrogen-bond acceptors (Lipinski definition) is 1. The van der Waals surface area contributed by atoms with E-state index >= 15 is 0 Å². The summed E-state index contributed by atoms with van der Waals surface area (Å²) in [6.07, 6.45) is 2.38. The molecule has 1 heteroatoms. The highest BCUT2D eigenvalue weighted by molar-refractivity contribution is 5.11. The molecule has 0 radical (unpaired) electrons. The van der Waals surface area contributed by atoms with Crippen LogP contribution >= 0.6 is 0 Å². The average Bonchev–Trinajstić information content (AvgIpc) is 2.84. The van der Waals surface area contributed by atoms with Gasteiger partial charge in [-0.25, -0.2) is 0 Å². The Labute approximate surface area is 82.9 Å². The Morgan fingerprint density at radius 3 is 1.46 bits per heavy atom. The molecule has 0 aromatic rings. The molecule has 0 saturated carbocycles. The number of hydrogen-bond donors (Lipinski definition) is 0. The van der Waals surface area contributed by atoms with Crippen molar-refractivity contribution in [2.45, 2.75) is 60.0 Å². The molecule has 0 amide bonds. The Kier molecular flexibility index (Phi) is 2.53. The van der Waals surface area contributed by atoms with E-state index in [1.54, 1.807) is 0 Å². The van der Waals surface area contributed by atoms with Crippen LogP contribution in [0.25, 0.3) is 0 Å². The number of epoxide rings is 1. The summed E-state index contributed by atoms with van der Waals surface area (Å²) in [6.45, 7) is 14.8. The van der Waals surface area contributed by atoms with E-state index in [9.17, 15) is 0 Å². The zero-order valence-corrected chi connectivity index (χ0v) is 10.0. The summed E-state index contributed by atoms with van der Waals surface area (Å²) >= 11 is 0. The van der Waals surface area contributed by atoms with Crippen LogP contribution in [0.1, 0.15) is 54.4 Å². The van der Waals surface area contributed by atoms with E-state index in [0.717, 1.165) is 6.61 Å². The van der Waals surface area contributed by atoms with Crippen molar-refractivity contribution < 1.29 is 4.74 Å². The van der Waals surface area contributed by atoms with Gasteiger partial charge >= 0.3 is 0 Å². The van der Waals surface area contributed by atoms with Crippen LogP contribution in [-0.4, -0.2) is 12.2 Å². The molecule has 0 unspecified atom stereocenters. The highest BCUT2D eigenvalue weighted by Gasteiger charge is 2.63. The molecule has 0 aromatic carbocycles. The lowest BCUT2D eigenvalue weighted by atomic mass is 9.62. The third-order valence-corrected chi connectivity index (χ3v) is 4.39. The van der Waals surface area contributed by atoms with Crippen LogP contribution in [0.15, 0.2) is 0 Å². The number of rotatable bonds is 4. The molecule has 78 valence electrons. The number of ether oxygens (including phenoxy) is 1. The van der Waals surface area contributed by atoms with Gasteiger partial charge in [0, 0.05) is 0 Å². The fourth-order valence-corrected chi connectivity index (χ4v) is 2.34. The van der Waals surface area contributed by atoms with Gasteiger partial charge in [0.25, 0.3) is 0 Å². The van der Waals surface area contributed by atoms with Crippen molar-refractivity contribution in [3.05, 3.63) is 0 Å². The van der Waals surface area contributed by atoms with E-state index in [1.807, 2.05) is 0 Å². The summed E-state index contributed by atoms with van der Waals surface area (Å²) in [4.78, 5) is 0. The van der Waals surface area contributed by atoms with E-state index in [4.69, 9.17) is 4.74 Å². The van der Waals surface area contributed by atoms with E-state index in [0.29, 0.717) is 10.8 Å². The first kappa shape index (κ1) is 11.0. The summed E-state index contributed by atoms with van der Waals surface area (Å²) in [7, 11) is 0. The maximum Gasteiger partial charge on any atom is 0.102 e. The molecule has 1 fully saturated rings. The smallest absolute Gasteiger partial charge is 0.102 e. The van der Waals surface area contributed by atoms with Crippen molar-refractivity contribution >= 4 is 0 Å². The van der Waals surface area contributed by atoms with Crippen LogP contribution < -0.4 is 0 Å². The lowest BCUT2D eigenvalue weighted by Crippen LogP contribution is -2.45. The summed E-state index contributed by atoms with van der Waals surface area (Å²) in [6, 6.07) is 0. The van der Waals surface area contributed by atoms with E-state index < -0.39 is 0 Å². The van der Waals surface area contributed by atoms with Crippen LogP contribution in [0.3, 0.4) is 0 Å². The van der Waals surface area contributed by atoms with Gasteiger partial charge in [0.1, 0.15) is 5.60 Å². The molecular weight excluding hydrogens is 160 g/mol. The van der Waals surface area contributed by atoms with E-state index in [1.165, 1.54) is 12.8 Å². The van der Waals surface area contributed by atoms with Crippen LogP contribution in [0.4, 0.5) is 0 Å². The van der Waals surface area contributed by atoms with Crippen molar-refractivity contribution in [1.82, 2.24) is 0 Å². The minimum absolute atomic E-state index is 0.142. The molecule has 13 heavy (non-hydrogen) atoms. The topological polar surface area (TPSA) is 12.5 Å². The lowest BCUT2D eigenvalue weighted by molar-refractivity contribution is 0.0201. The van der Waals surface area contributed by atoms with E-state index in [2.05, 4.69) is 41.5 Å². The van der Waals surface area contributed by atoms with Crippen molar-refractivity contribution in [1.29, 1.82) is 0 Å². The van der Waals surface area contributed by atoms with Gasteiger partial charge in [-0.15, -0.1) is 0 Å². The largest absolute Gasteiger partial charge is 0.368 e. The molecule has 1 aliphatic heterocycles. The Morgan fingerprint density at radius 1 is 1.00 bits per heavy atom. The minimum Gasteiger partial charge on any atom is -0.368 e. The fourth-order valence-electron chi connectivity index (χ4n) is 2.34. The summed E-state index contributed by atoms with van der Waals surface area (Å²) < 4.78 is 5.81. The van der Waals surface area contributed by atoms with Gasteiger partial charge in [0.05, 0.1) is 6.61 Å². The van der Waals surface area contributed by atoms with Gasteiger partial charge in [0.2, 0.25) is 0 Å². The van der Waals surface area contributed by atoms with Gasteiger partial charge in [-0.1, -0.05) is 41.5 Å². The normalized spacial score (nSPS) is 21.7. The Bertz CT molecular complexity index is 169. The predicted octanol–water partition coefficient (Wildman–Crippen LogP) is 3.63. The van der Waals surface area contributed by atoms with Crippen molar-refractivity contribution in [2.75, 3.05) is 6.61 Å². The molecule has 1 aliphatic rings. The molecular formula is C12H24O. The first-order chi connectivity index (χ1) is 5.83. The maximum atomic E-state index is 5.81. The quantitative estimate of drug-likeness (QED) is 0.608. The van der Waals surface area contributed by atoms with Crippen molar-refractivity contribution in [3.8, 4) is 0 Å². The molecule has 1 heterocycles. The first-order valence-electron chi connectivity index (χ1n) is 5.47. The molecule has 0 aromatic heterocycles. The molecule has 1 nitrogen and oxygen atoms in total. The van der Waals surface area contributed by atoms with Gasteiger partial charge in [-0.3, -0.25) is 0 Å². The molecule has 0 atom stereocenters. The summed E-state index contributed by atoms with van der Waals surface area (Å²) in [5.41, 5.74) is 0.766. The third-order valence-electron chi connectivity index (χ3n) is 4.39. The minimum atomic E-state index is 0.142. The third kappa shape index (κ3) is 1.41. The molecule has 0 N–H and O–H groups in total. The van der Waals surface area contributed by atoms with Crippen LogP contribution in [0, 0.1) is 10.8 Å². The second kappa shape index (κ2) is 2.98. The first-order valence-corrected chi connectivity index (χ1v) is 5.47. The Morgan fingerprint density at radius 2 is 1.31 bits per heavy atom. The van der Waals surface area contributed by atoms with Gasteiger partial charge in [-0.2, -0.15) is 0 Å². The molecule has 0 aliphatic carbocycles.